The summed E-state index contributed by atoms with van der Waals surface area (Å²) in [6.07, 6.45) is 0. The lowest BCUT2D eigenvalue weighted by Crippen LogP contribution is -2.15. The van der Waals surface area contributed by atoms with E-state index in [0.29, 0.717) is 16.6 Å². The summed E-state index contributed by atoms with van der Waals surface area (Å²) in [4.78, 5) is 42.4. The number of para-hydroxylation sites is 1. The minimum Gasteiger partial charge on any atom is -0.454 e. The van der Waals surface area contributed by atoms with Crippen LogP contribution in [0.2, 0.25) is 0 Å². The van der Waals surface area contributed by atoms with Gasteiger partial charge in [-0.05, 0) is 36.8 Å². The number of amides is 1. The van der Waals surface area contributed by atoms with Crippen molar-refractivity contribution in [3.8, 4) is 0 Å². The molecule has 0 radical (unpaired) electrons. The van der Waals surface area contributed by atoms with Crippen LogP contribution in [-0.2, 0) is 16.1 Å². The van der Waals surface area contributed by atoms with Crippen LogP contribution in [0.25, 0.3) is 10.9 Å². The van der Waals surface area contributed by atoms with Gasteiger partial charge in [-0.25, -0.2) is 9.78 Å². The zero-order chi connectivity index (χ0) is 18.7. The van der Waals surface area contributed by atoms with Crippen molar-refractivity contribution in [3.63, 3.8) is 0 Å². The third-order valence-corrected chi connectivity index (χ3v) is 3.75. The monoisotopic (exact) mass is 351 g/mol. The molecule has 0 saturated heterocycles. The first-order chi connectivity index (χ1) is 12.4. The maximum Gasteiger partial charge on any atom is 0.338 e. The molecular formula is C19H17N3O4. The average molecular weight is 351 g/mol. The van der Waals surface area contributed by atoms with Crippen molar-refractivity contribution in [2.45, 2.75) is 20.5 Å². The van der Waals surface area contributed by atoms with E-state index in [1.165, 1.54) is 13.0 Å². The van der Waals surface area contributed by atoms with E-state index in [4.69, 9.17) is 4.74 Å². The molecule has 0 atom stereocenters. The van der Waals surface area contributed by atoms with Gasteiger partial charge in [0.05, 0.1) is 16.5 Å². The number of carbonyl (C=O) groups is 2. The number of benzene rings is 2. The largest absolute Gasteiger partial charge is 0.454 e. The van der Waals surface area contributed by atoms with Crippen LogP contribution in [0.1, 0.15) is 28.7 Å². The third-order valence-electron chi connectivity index (χ3n) is 3.75. The van der Waals surface area contributed by atoms with Crippen LogP contribution in [0.4, 0.5) is 5.69 Å². The molecule has 132 valence electrons. The summed E-state index contributed by atoms with van der Waals surface area (Å²) in [5.41, 5.74) is 1.95. The number of H-pyrrole nitrogens is 1. The molecule has 0 bridgehead atoms. The number of esters is 1. The van der Waals surface area contributed by atoms with Gasteiger partial charge in [0.2, 0.25) is 5.91 Å². The summed E-state index contributed by atoms with van der Waals surface area (Å²) in [6, 6.07) is 11.7. The van der Waals surface area contributed by atoms with Gasteiger partial charge in [0.1, 0.15) is 12.4 Å². The number of hydrogen-bond donors (Lipinski definition) is 2. The molecule has 0 aliphatic carbocycles. The number of ether oxygens (including phenoxy) is 1. The number of hydrogen-bond acceptors (Lipinski definition) is 5. The maximum absolute atomic E-state index is 12.2. The van der Waals surface area contributed by atoms with Gasteiger partial charge in [-0.15, -0.1) is 0 Å². The Morgan fingerprint density at radius 1 is 1.19 bits per heavy atom. The fraction of sp³-hybridized carbons (Fsp3) is 0.158. The molecule has 0 aliphatic rings. The summed E-state index contributed by atoms with van der Waals surface area (Å²) in [7, 11) is 0. The van der Waals surface area contributed by atoms with E-state index >= 15 is 0 Å². The van der Waals surface area contributed by atoms with Crippen molar-refractivity contribution < 1.29 is 14.3 Å². The fourth-order valence-electron chi connectivity index (χ4n) is 2.56. The van der Waals surface area contributed by atoms with Gasteiger partial charge in [-0.1, -0.05) is 18.2 Å². The number of aryl methyl sites for hydroxylation is 1. The highest BCUT2D eigenvalue weighted by Crippen LogP contribution is 2.14. The van der Waals surface area contributed by atoms with E-state index in [1.54, 1.807) is 30.3 Å². The van der Waals surface area contributed by atoms with E-state index in [9.17, 15) is 14.4 Å². The number of aromatic nitrogens is 2. The second-order valence-corrected chi connectivity index (χ2v) is 5.82. The van der Waals surface area contributed by atoms with Crippen LogP contribution in [-0.4, -0.2) is 21.8 Å². The van der Waals surface area contributed by atoms with Crippen LogP contribution in [0.3, 0.4) is 0 Å². The minimum absolute atomic E-state index is 0.164. The zero-order valence-electron chi connectivity index (χ0n) is 14.3. The highest BCUT2D eigenvalue weighted by Gasteiger charge is 2.11. The molecule has 0 unspecified atom stereocenters. The zero-order valence-corrected chi connectivity index (χ0v) is 14.3. The number of carbonyl (C=O) groups excluding carboxylic acids is 2. The van der Waals surface area contributed by atoms with E-state index in [1.807, 2.05) is 13.0 Å². The van der Waals surface area contributed by atoms with Crippen LogP contribution in [0.5, 0.6) is 0 Å². The minimum atomic E-state index is -0.579. The molecule has 7 heteroatoms. The van der Waals surface area contributed by atoms with E-state index < -0.39 is 5.97 Å². The molecule has 1 aromatic heterocycles. The van der Waals surface area contributed by atoms with Gasteiger partial charge < -0.3 is 15.0 Å². The Balaban J connectivity index is 1.78. The fourth-order valence-corrected chi connectivity index (χ4v) is 2.56. The highest BCUT2D eigenvalue weighted by atomic mass is 16.5. The number of nitrogens with one attached hydrogen (secondary N) is 2. The third kappa shape index (κ3) is 3.77. The van der Waals surface area contributed by atoms with E-state index in [-0.39, 0.29) is 29.5 Å². The van der Waals surface area contributed by atoms with Crippen molar-refractivity contribution in [2.75, 3.05) is 5.32 Å². The lowest BCUT2D eigenvalue weighted by atomic mass is 10.1. The SMILES string of the molecule is CC(=O)Nc1cccc(C(=O)OCc2nc3c(C)cccc3c(=O)[nH]2)c1. The van der Waals surface area contributed by atoms with Crippen LogP contribution >= 0.6 is 0 Å². The Bertz CT molecular complexity index is 1060. The average Bonchev–Trinajstić information content (AvgIpc) is 2.60. The summed E-state index contributed by atoms with van der Waals surface area (Å²) >= 11 is 0. The smallest absolute Gasteiger partial charge is 0.338 e. The van der Waals surface area contributed by atoms with Gasteiger partial charge in [0, 0.05) is 12.6 Å². The molecule has 0 spiro atoms. The second kappa shape index (κ2) is 7.18. The number of fused-ring (bicyclic) bond motifs is 1. The first-order valence-electron chi connectivity index (χ1n) is 7.97. The number of anilines is 1. The van der Waals surface area contributed by atoms with Crippen LogP contribution in [0, 0.1) is 6.92 Å². The molecule has 0 fully saturated rings. The lowest BCUT2D eigenvalue weighted by Gasteiger charge is -2.08. The van der Waals surface area contributed by atoms with Crippen molar-refractivity contribution in [2.24, 2.45) is 0 Å². The molecule has 7 nitrogen and oxygen atoms in total. The molecule has 0 aliphatic heterocycles. The number of rotatable bonds is 4. The molecule has 2 N–H and O–H groups in total. The Kier molecular flexibility index (Phi) is 4.79. The number of nitrogens with zero attached hydrogens (tertiary/aromatic N) is 1. The molecule has 3 rings (SSSR count). The van der Waals surface area contributed by atoms with Crippen molar-refractivity contribution in [3.05, 3.63) is 69.8 Å². The van der Waals surface area contributed by atoms with Gasteiger partial charge in [-0.3, -0.25) is 9.59 Å². The maximum atomic E-state index is 12.2. The molecule has 3 aromatic rings. The standard InChI is InChI=1S/C19H17N3O4/c1-11-5-3-8-15-17(11)21-16(22-18(15)24)10-26-19(25)13-6-4-7-14(9-13)20-12(2)23/h3-9H,10H2,1-2H3,(H,20,23)(H,21,22,24). The Morgan fingerprint density at radius 3 is 2.73 bits per heavy atom. The van der Waals surface area contributed by atoms with E-state index in [0.717, 1.165) is 5.56 Å². The van der Waals surface area contributed by atoms with Crippen molar-refractivity contribution in [1.82, 2.24) is 9.97 Å². The second-order valence-electron chi connectivity index (χ2n) is 5.82. The molecule has 1 amide bonds. The van der Waals surface area contributed by atoms with Gasteiger partial charge in [0.15, 0.2) is 0 Å². The summed E-state index contributed by atoms with van der Waals surface area (Å²) < 4.78 is 5.23. The predicted molar refractivity (Wildman–Crippen MR) is 97.0 cm³/mol. The van der Waals surface area contributed by atoms with Gasteiger partial charge >= 0.3 is 5.97 Å². The highest BCUT2D eigenvalue weighted by molar-refractivity contribution is 5.93. The van der Waals surface area contributed by atoms with E-state index in [2.05, 4.69) is 15.3 Å². The first kappa shape index (κ1) is 17.3. The van der Waals surface area contributed by atoms with Crippen LogP contribution in [0.15, 0.2) is 47.3 Å². The Hall–Kier alpha value is -3.48. The first-order valence-corrected chi connectivity index (χ1v) is 7.97. The molecule has 26 heavy (non-hydrogen) atoms. The van der Waals surface area contributed by atoms with Gasteiger partial charge in [-0.2, -0.15) is 0 Å². The van der Waals surface area contributed by atoms with Crippen LogP contribution < -0.4 is 10.9 Å². The molecule has 0 saturated carbocycles. The Labute approximate surface area is 149 Å². The van der Waals surface area contributed by atoms with Gasteiger partial charge in [0.25, 0.3) is 5.56 Å². The molecular weight excluding hydrogens is 334 g/mol. The summed E-state index contributed by atoms with van der Waals surface area (Å²) in [6.45, 7) is 3.08. The molecule has 2 aromatic carbocycles. The summed E-state index contributed by atoms with van der Waals surface area (Å²) in [5, 5.41) is 3.09. The van der Waals surface area contributed by atoms with Crippen molar-refractivity contribution in [1.29, 1.82) is 0 Å². The topological polar surface area (TPSA) is 101 Å². The Morgan fingerprint density at radius 2 is 1.96 bits per heavy atom. The quantitative estimate of drug-likeness (QED) is 0.704. The summed E-state index contributed by atoms with van der Waals surface area (Å²) in [5.74, 6) is -0.545. The molecule has 1 heterocycles. The predicted octanol–water partition coefficient (Wildman–Crippen LogP) is 2.55. The van der Waals surface area contributed by atoms with Crippen molar-refractivity contribution >= 4 is 28.5 Å². The normalized spacial score (nSPS) is 10.5. The lowest BCUT2D eigenvalue weighted by molar-refractivity contribution is -0.114. The number of aromatic amines is 1.